The van der Waals surface area contributed by atoms with E-state index in [-0.39, 0.29) is 47.3 Å². The summed E-state index contributed by atoms with van der Waals surface area (Å²) in [5.74, 6) is 0.306. The number of hydrogen-bond acceptors (Lipinski definition) is 5. The SMILES string of the molecule is C=C1CC(c2ccccc2)c2cc(C(=O)N(C)OC)ccc2N1.C=C1CC(c2ccccc2)c2cc(C(=O)c3ccccc3)ccc2N1.CC.CC.CC.CC.II.[I][V]([I])[I].[I][V][I].[Li+].[c-]1ccccc1. The molecule has 0 radical (unpaired) electrons. The van der Waals surface area contributed by atoms with Crippen LogP contribution < -0.4 is 29.5 Å². The Bertz CT molecular complexity index is 2300. The van der Waals surface area contributed by atoms with Crippen LogP contribution in [0.2, 0.25) is 0 Å². The number of halogens is 7. The van der Waals surface area contributed by atoms with E-state index in [1.54, 1.807) is 7.05 Å². The van der Waals surface area contributed by atoms with Crippen molar-refractivity contribution in [2.24, 2.45) is 0 Å². The fraction of sp³-hybridized carbons (Fsp3) is 0.250. The number of nitrogens with one attached hydrogen (secondary N) is 2. The van der Waals surface area contributed by atoms with Gasteiger partial charge in [0.15, 0.2) is 5.78 Å². The second-order valence-corrected chi connectivity index (χ2v) is 60.6. The van der Waals surface area contributed by atoms with Crippen LogP contribution in [-0.4, -0.2) is 30.9 Å². The number of amides is 1. The predicted octanol–water partition coefficient (Wildman–Crippen LogP) is 18.0. The van der Waals surface area contributed by atoms with Crippen LogP contribution in [-0.2, 0) is 19.2 Å². The predicted molar refractivity (Wildman–Crippen MR) is 362 cm³/mol. The van der Waals surface area contributed by atoms with Crippen molar-refractivity contribution >= 4 is 160 Å². The number of fused-ring (bicyclic) bond motifs is 2. The van der Waals surface area contributed by atoms with E-state index in [1.165, 1.54) is 23.3 Å². The van der Waals surface area contributed by atoms with E-state index in [1.807, 2.05) is 177 Å². The summed E-state index contributed by atoms with van der Waals surface area (Å²) in [5, 5.41) is 7.91. The van der Waals surface area contributed by atoms with Gasteiger partial charge in [-0.15, -0.1) is 0 Å². The van der Waals surface area contributed by atoms with Gasteiger partial charge in [0, 0.05) is 95.6 Å². The molecule has 0 aromatic heterocycles. The van der Waals surface area contributed by atoms with Gasteiger partial charge in [-0.25, -0.2) is 5.06 Å². The van der Waals surface area contributed by atoms with Gasteiger partial charge in [0.2, 0.25) is 0 Å². The molecule has 2 atom stereocenters. The van der Waals surface area contributed by atoms with Gasteiger partial charge in [0.25, 0.3) is 5.91 Å². The molecule has 6 nitrogen and oxygen atoms in total. The molecule has 2 unspecified atom stereocenters. The topological polar surface area (TPSA) is 70.7 Å². The molecule has 0 saturated heterocycles. The molecule has 2 heterocycles. The number of nitrogens with zero attached hydrogens (tertiary/aromatic N) is 1. The minimum absolute atomic E-state index is 0. The molecule has 0 bridgehead atoms. The quantitative estimate of drug-likeness (QED) is 0.0572. The van der Waals surface area contributed by atoms with Crippen molar-refractivity contribution in [3.63, 3.8) is 0 Å². The number of anilines is 2. The zero-order valence-electron chi connectivity index (χ0n) is 43.2. The molecule has 16 heteroatoms. The Morgan fingerprint density at radius 1 is 0.597 bits per heavy atom. The van der Waals surface area contributed by atoms with E-state index >= 15 is 0 Å². The number of carbonyl (C=O) groups is 2. The van der Waals surface area contributed by atoms with E-state index in [0.717, 1.165) is 52.3 Å². The van der Waals surface area contributed by atoms with E-state index < -0.39 is 0 Å². The molecule has 1 amide bonds. The van der Waals surface area contributed by atoms with E-state index in [4.69, 9.17) is 4.84 Å². The van der Waals surface area contributed by atoms with Gasteiger partial charge in [0.1, 0.15) is 0 Å². The number of hydroxylamine groups is 2. The molecule has 72 heavy (non-hydrogen) atoms. The second-order valence-electron chi connectivity index (χ2n) is 13.4. The maximum Gasteiger partial charge on any atom is 1.00 e. The summed E-state index contributed by atoms with van der Waals surface area (Å²) in [4.78, 5) is 29.8. The van der Waals surface area contributed by atoms with Crippen molar-refractivity contribution in [1.82, 2.24) is 5.06 Å². The van der Waals surface area contributed by atoms with Crippen molar-refractivity contribution in [2.75, 3.05) is 24.8 Å². The summed E-state index contributed by atoms with van der Waals surface area (Å²) in [7, 11) is 3.72. The summed E-state index contributed by atoms with van der Waals surface area (Å²) in [6.45, 7) is 24.2. The summed E-state index contributed by atoms with van der Waals surface area (Å²) < 4.78 is 0. The third-order valence-electron chi connectivity index (χ3n) is 9.49. The molecule has 0 saturated carbocycles. The second kappa shape index (κ2) is 49.7. The Morgan fingerprint density at radius 2 is 0.931 bits per heavy atom. The van der Waals surface area contributed by atoms with Crippen LogP contribution in [0, 0.1) is 6.07 Å². The van der Waals surface area contributed by atoms with Gasteiger partial charge in [-0.3, -0.25) is 14.4 Å². The first-order valence-corrected chi connectivity index (χ1v) is 51.7. The van der Waals surface area contributed by atoms with Crippen LogP contribution in [0.1, 0.15) is 129 Å². The number of carbonyl (C=O) groups excluding carboxylic acids is 2. The Labute approximate surface area is 536 Å². The van der Waals surface area contributed by atoms with Crippen molar-refractivity contribution in [3.05, 3.63) is 227 Å². The van der Waals surface area contributed by atoms with Gasteiger partial charge < -0.3 is 10.6 Å². The third kappa shape index (κ3) is 29.9. The maximum absolute atomic E-state index is 12.8. The van der Waals surface area contributed by atoms with E-state index in [9.17, 15) is 9.59 Å². The molecule has 2 N–H and O–H groups in total. The van der Waals surface area contributed by atoms with Gasteiger partial charge in [-0.05, 0) is 71.5 Å². The first-order chi connectivity index (χ1) is 34.5. The zero-order valence-corrected chi connectivity index (χ0v) is 61.1. The Balaban J connectivity index is -0.000000926. The monoisotopic (exact) mass is 1830 g/mol. The summed E-state index contributed by atoms with van der Waals surface area (Å²) in [5.41, 5.74) is 10.8. The van der Waals surface area contributed by atoms with Crippen molar-refractivity contribution in [2.45, 2.75) is 80.1 Å². The van der Waals surface area contributed by atoms with Gasteiger partial charge in [0.05, 0.1) is 7.11 Å². The zero-order chi connectivity index (χ0) is 54.1. The molecule has 2 aliphatic heterocycles. The minimum atomic E-state index is -0.278. The first-order valence-electron chi connectivity index (χ1n) is 22.9. The third-order valence-corrected chi connectivity index (χ3v) is 9.49. The van der Waals surface area contributed by atoms with Gasteiger partial charge >= 0.3 is 133 Å². The van der Waals surface area contributed by atoms with Crippen LogP contribution in [0.25, 0.3) is 0 Å². The van der Waals surface area contributed by atoms with Crippen LogP contribution >= 0.6 is 137 Å². The number of ketones is 1. The molecular formula is C56H68I7LiN3O3V2. The molecule has 0 aliphatic carbocycles. The molecule has 6 aromatic carbocycles. The largest absolute Gasteiger partial charge is 1.00 e. The van der Waals surface area contributed by atoms with Crippen LogP contribution in [0.5, 0.6) is 0 Å². The molecular weight excluding hydrogens is 1760 g/mol. The molecule has 6 aromatic rings. The molecule has 0 spiro atoms. The van der Waals surface area contributed by atoms with Crippen molar-refractivity contribution in [1.29, 1.82) is 0 Å². The molecule has 385 valence electrons. The summed E-state index contributed by atoms with van der Waals surface area (Å²) >= 11 is 16.4. The Kier molecular flexibility index (Phi) is 52.8. The molecule has 2 aliphatic rings. The standard InChI is InChI=1S/C23H19NO.C19H20N2O2.C6H5.4C2H6.I2.5HI.Li.2V/c1-16-14-20(17-8-4-2-5-9-17)21-15-19(12-13-22(21)24-16)23(25)18-10-6-3-7-11-18;1-13-11-16(14-7-5-4-6-8-14)17-12-15(9-10-18(17)20-13)19(22)21(2)23-3;1-2-4-6-5-3-1;5*1-2;;;;;;;;/h2-13,15,20,24H,1,14H2;4-10,12,16,20H,1,11H2,2-3H3;1-5H;4*1-2H3;;5*1H;;;/q;;-1;;;;;;;;;;;+1;+2;+3/p-5. The van der Waals surface area contributed by atoms with Gasteiger partial charge in [-0.2, -0.15) is 36.4 Å². The fourth-order valence-corrected chi connectivity index (χ4v) is 6.73. The smallest absolute Gasteiger partial charge is 0.184 e. The Hall–Kier alpha value is 0.376. The summed E-state index contributed by atoms with van der Waals surface area (Å²) in [6.07, 6.45) is 1.65. The van der Waals surface area contributed by atoms with Crippen molar-refractivity contribution in [3.8, 4) is 0 Å². The fourth-order valence-electron chi connectivity index (χ4n) is 6.73. The van der Waals surface area contributed by atoms with E-state index in [0.29, 0.717) is 20.6 Å². The average Bonchev–Trinajstić information content (AvgIpc) is 3.44. The van der Waals surface area contributed by atoms with Crippen molar-refractivity contribution < 1.29 is 47.7 Å². The average molecular weight is 1830 g/mol. The van der Waals surface area contributed by atoms with E-state index in [2.05, 4.69) is 203 Å². The minimum Gasteiger partial charge on any atom is -0.184 e. The number of allylic oxidation sites excluding steroid dienone is 2. The van der Waals surface area contributed by atoms with Crippen LogP contribution in [0.4, 0.5) is 11.4 Å². The molecule has 0 fully saturated rings. The normalized spacial score (nSPS) is 12.6. The van der Waals surface area contributed by atoms with Crippen LogP contribution in [0.3, 0.4) is 0 Å². The Morgan fingerprint density at radius 3 is 1.26 bits per heavy atom. The number of hydrogen-bond donors (Lipinski definition) is 2. The maximum atomic E-state index is 12.8. The summed E-state index contributed by atoms with van der Waals surface area (Å²) in [6, 6.07) is 54.2. The first kappa shape index (κ1) is 76.6. The van der Waals surface area contributed by atoms with Gasteiger partial charge in [-0.1, -0.05) is 160 Å². The molecule has 8 rings (SSSR count). The number of benzene rings is 6. The number of rotatable bonds is 6. The van der Waals surface area contributed by atoms with Crippen LogP contribution in [0.15, 0.2) is 182 Å².